The van der Waals surface area contributed by atoms with Gasteiger partial charge in [0.2, 0.25) is 5.91 Å². The summed E-state index contributed by atoms with van der Waals surface area (Å²) in [6.45, 7) is 3.17. The van der Waals surface area contributed by atoms with Crippen LogP contribution in [0, 0.1) is 0 Å². The molecule has 0 aromatic carbocycles. The molecule has 0 saturated heterocycles. The Morgan fingerprint density at radius 2 is 2.24 bits per heavy atom. The minimum absolute atomic E-state index is 0.0205. The minimum atomic E-state index is -0.164. The van der Waals surface area contributed by atoms with Crippen LogP contribution in [0.2, 0.25) is 0 Å². The molecule has 94 valence electrons. The molecule has 1 aliphatic rings. The number of carbonyl (C=O) groups is 1. The van der Waals surface area contributed by atoms with Crippen LogP contribution in [0.4, 0.5) is 0 Å². The van der Waals surface area contributed by atoms with Crippen molar-refractivity contribution in [2.75, 3.05) is 6.54 Å². The first-order valence-electron chi connectivity index (χ1n) is 6.15. The Morgan fingerprint density at radius 1 is 1.41 bits per heavy atom. The molecule has 1 amide bonds. The maximum atomic E-state index is 12.0. The molecule has 2 heterocycles. The molecule has 0 saturated carbocycles. The summed E-state index contributed by atoms with van der Waals surface area (Å²) in [7, 11) is 0. The summed E-state index contributed by atoms with van der Waals surface area (Å²) in [5, 5.41) is 6.90. The van der Waals surface area contributed by atoms with Crippen molar-refractivity contribution in [3.8, 4) is 0 Å². The quantitative estimate of drug-likeness (QED) is 0.800. The maximum absolute atomic E-state index is 12.0. The number of aryl methyl sites for hydroxylation is 1. The number of rotatable bonds is 3. The van der Waals surface area contributed by atoms with E-state index in [1.807, 2.05) is 6.92 Å². The van der Waals surface area contributed by atoms with E-state index >= 15 is 0 Å². The highest BCUT2D eigenvalue weighted by atomic mass is 16.2. The van der Waals surface area contributed by atoms with Crippen molar-refractivity contribution in [1.29, 1.82) is 0 Å². The first-order chi connectivity index (χ1) is 8.22. The highest BCUT2D eigenvalue weighted by Gasteiger charge is 2.16. The lowest BCUT2D eigenvalue weighted by atomic mass is 10.2. The lowest BCUT2D eigenvalue weighted by molar-refractivity contribution is -0.121. The zero-order valence-corrected chi connectivity index (χ0v) is 10.1. The van der Waals surface area contributed by atoms with Gasteiger partial charge in [-0.05, 0) is 19.8 Å². The summed E-state index contributed by atoms with van der Waals surface area (Å²) in [5.41, 5.74) is -0.159. The smallest absolute Gasteiger partial charge is 0.346 e. The van der Waals surface area contributed by atoms with E-state index in [9.17, 15) is 9.59 Å². The molecule has 1 N–H and O–H groups in total. The molecule has 6 nitrogen and oxygen atoms in total. The number of hydrogen-bond donors (Lipinski definition) is 1. The van der Waals surface area contributed by atoms with Crippen molar-refractivity contribution < 1.29 is 4.79 Å². The molecule has 2 rings (SSSR count). The van der Waals surface area contributed by atoms with Gasteiger partial charge in [-0.25, -0.2) is 9.48 Å². The van der Waals surface area contributed by atoms with Gasteiger partial charge in [0.15, 0.2) is 0 Å². The van der Waals surface area contributed by atoms with Gasteiger partial charge in [-0.15, -0.1) is 0 Å². The monoisotopic (exact) mass is 238 g/mol. The molecule has 0 bridgehead atoms. The number of aromatic nitrogens is 3. The fourth-order valence-corrected chi connectivity index (χ4v) is 2.12. The molecule has 17 heavy (non-hydrogen) atoms. The molecule has 1 aliphatic heterocycles. The Balaban J connectivity index is 2.19. The fourth-order valence-electron chi connectivity index (χ4n) is 2.12. The molecule has 0 spiro atoms. The number of hydrogen-bond acceptors (Lipinski definition) is 3. The van der Waals surface area contributed by atoms with Crippen LogP contribution in [0.25, 0.3) is 0 Å². The van der Waals surface area contributed by atoms with Crippen LogP contribution in [0.5, 0.6) is 0 Å². The van der Waals surface area contributed by atoms with Crippen molar-refractivity contribution in [2.45, 2.75) is 45.7 Å². The Hall–Kier alpha value is -1.59. The second-order valence-corrected chi connectivity index (χ2v) is 4.27. The van der Waals surface area contributed by atoms with Crippen LogP contribution >= 0.6 is 0 Å². The van der Waals surface area contributed by atoms with Gasteiger partial charge in [0.05, 0.1) is 0 Å². The molecule has 0 unspecified atom stereocenters. The minimum Gasteiger partial charge on any atom is -0.355 e. The number of carbonyl (C=O) groups excluding carboxylic acids is 1. The average molecular weight is 238 g/mol. The fraction of sp³-hybridized carbons (Fsp3) is 0.727. The third kappa shape index (κ3) is 2.57. The number of fused-ring (bicyclic) bond motifs is 1. The zero-order chi connectivity index (χ0) is 12.3. The highest BCUT2D eigenvalue weighted by Crippen LogP contribution is 2.09. The Bertz CT molecular complexity index is 461. The largest absolute Gasteiger partial charge is 0.355 e. The van der Waals surface area contributed by atoms with E-state index in [1.54, 1.807) is 4.57 Å². The lowest BCUT2D eigenvalue weighted by Gasteiger charge is -2.00. The molecule has 6 heteroatoms. The molecule has 1 aromatic rings. The molecule has 0 fully saturated rings. The van der Waals surface area contributed by atoms with Crippen molar-refractivity contribution in [2.24, 2.45) is 0 Å². The number of nitrogens with one attached hydrogen (secondary N) is 1. The van der Waals surface area contributed by atoms with Crippen LogP contribution < -0.4 is 11.0 Å². The lowest BCUT2D eigenvalue weighted by Crippen LogP contribution is -2.33. The second-order valence-electron chi connectivity index (χ2n) is 4.27. The molecule has 0 radical (unpaired) electrons. The van der Waals surface area contributed by atoms with Crippen LogP contribution in [-0.2, 0) is 24.3 Å². The van der Waals surface area contributed by atoms with Crippen molar-refractivity contribution in [3.63, 3.8) is 0 Å². The van der Waals surface area contributed by atoms with Crippen molar-refractivity contribution in [1.82, 2.24) is 19.7 Å². The summed E-state index contributed by atoms with van der Waals surface area (Å²) >= 11 is 0. The van der Waals surface area contributed by atoms with Gasteiger partial charge < -0.3 is 5.32 Å². The molecule has 0 aliphatic carbocycles. The van der Waals surface area contributed by atoms with E-state index in [2.05, 4.69) is 10.4 Å². The topological polar surface area (TPSA) is 68.9 Å². The Morgan fingerprint density at radius 3 is 3.00 bits per heavy atom. The molecular formula is C11H18N4O2. The first kappa shape index (κ1) is 11.9. The first-order valence-corrected chi connectivity index (χ1v) is 6.15. The van der Waals surface area contributed by atoms with Crippen molar-refractivity contribution >= 4 is 5.91 Å². The van der Waals surface area contributed by atoms with Gasteiger partial charge in [0, 0.05) is 19.5 Å². The van der Waals surface area contributed by atoms with Gasteiger partial charge in [0.1, 0.15) is 12.4 Å². The summed E-state index contributed by atoms with van der Waals surface area (Å²) < 4.78 is 2.97. The molecule has 1 aromatic heterocycles. The summed E-state index contributed by atoms with van der Waals surface area (Å²) in [6.07, 6.45) is 4.05. The molecule has 0 atom stereocenters. The predicted molar refractivity (Wildman–Crippen MR) is 62.7 cm³/mol. The number of likely N-dealkylation sites (N-methyl/N-ethyl adjacent to an activating group) is 1. The van der Waals surface area contributed by atoms with E-state index in [1.165, 1.54) is 4.68 Å². The predicted octanol–water partition coefficient (Wildman–Crippen LogP) is -0.0927. The van der Waals surface area contributed by atoms with Gasteiger partial charge in [-0.2, -0.15) is 5.10 Å². The maximum Gasteiger partial charge on any atom is 0.346 e. The third-order valence-corrected chi connectivity index (χ3v) is 2.95. The Labute approximate surface area is 99.6 Å². The van der Waals surface area contributed by atoms with Crippen LogP contribution in [0.15, 0.2) is 4.79 Å². The normalized spacial score (nSPS) is 15.1. The zero-order valence-electron chi connectivity index (χ0n) is 10.1. The summed E-state index contributed by atoms with van der Waals surface area (Å²) in [5.74, 6) is 0.652. The van der Waals surface area contributed by atoms with Gasteiger partial charge in [-0.1, -0.05) is 6.42 Å². The van der Waals surface area contributed by atoms with Gasteiger partial charge in [0.25, 0.3) is 0 Å². The van der Waals surface area contributed by atoms with E-state index in [-0.39, 0.29) is 18.1 Å². The van der Waals surface area contributed by atoms with E-state index < -0.39 is 0 Å². The highest BCUT2D eigenvalue weighted by molar-refractivity contribution is 5.75. The average Bonchev–Trinajstić information content (AvgIpc) is 2.51. The van der Waals surface area contributed by atoms with Crippen LogP contribution in [0.3, 0.4) is 0 Å². The van der Waals surface area contributed by atoms with Gasteiger partial charge in [-0.3, -0.25) is 9.36 Å². The van der Waals surface area contributed by atoms with E-state index in [4.69, 9.17) is 0 Å². The summed E-state index contributed by atoms with van der Waals surface area (Å²) in [6, 6.07) is 0. The standard InChI is InChI=1S/C11H18N4O2/c1-2-12-10(16)8-15-11(17)14-7-5-3-4-6-9(14)13-15/h2-8H2,1H3,(H,12,16). The second kappa shape index (κ2) is 5.16. The summed E-state index contributed by atoms with van der Waals surface area (Å²) in [4.78, 5) is 23.4. The van der Waals surface area contributed by atoms with Crippen LogP contribution in [-0.4, -0.2) is 26.8 Å². The Kier molecular flexibility index (Phi) is 3.61. The number of amides is 1. The van der Waals surface area contributed by atoms with Gasteiger partial charge >= 0.3 is 5.69 Å². The van der Waals surface area contributed by atoms with Crippen LogP contribution in [0.1, 0.15) is 32.0 Å². The van der Waals surface area contributed by atoms with E-state index in [0.29, 0.717) is 6.54 Å². The van der Waals surface area contributed by atoms with Crippen molar-refractivity contribution in [3.05, 3.63) is 16.3 Å². The SMILES string of the molecule is CCNC(=O)Cn1nc2n(c1=O)CCCCC2. The number of nitrogens with zero attached hydrogens (tertiary/aromatic N) is 3. The third-order valence-electron chi connectivity index (χ3n) is 2.95. The molecular weight excluding hydrogens is 220 g/mol. The van der Waals surface area contributed by atoms with E-state index in [0.717, 1.165) is 38.1 Å².